The van der Waals surface area contributed by atoms with Gasteiger partial charge in [0.05, 0.1) is 39.6 Å². The number of nitrogens with zero attached hydrogens (tertiary/aromatic N) is 7. The summed E-state index contributed by atoms with van der Waals surface area (Å²) >= 11 is 7.85. The molecule has 6 aromatic rings. The quantitative estimate of drug-likeness (QED) is 0.0608. The van der Waals surface area contributed by atoms with Crippen molar-refractivity contribution >= 4 is 57.2 Å². The monoisotopic (exact) mass is 885 g/mol. The molecule has 60 heavy (non-hydrogen) atoms. The molecule has 4 aromatic heterocycles. The normalized spacial score (nSPS) is 15.3. The topological polar surface area (TPSA) is 143 Å². The predicted octanol–water partition coefficient (Wildman–Crippen LogP) is 7.43. The summed E-state index contributed by atoms with van der Waals surface area (Å²) in [6.45, 7) is -3.81. The number of benzene rings is 2. The van der Waals surface area contributed by atoms with Gasteiger partial charge in [0.15, 0.2) is 11.5 Å². The minimum atomic E-state index is -3.63. The van der Waals surface area contributed by atoms with Gasteiger partial charge in [-0.15, -0.1) is 0 Å². The number of alkyl halides is 6. The highest BCUT2D eigenvalue weighted by Crippen LogP contribution is 2.48. The molecule has 0 aliphatic heterocycles. The standard InChI is InChI=1S/C37H32ClF8N9O4S/c1-16-10-21-28(31(41)42)50-54(30(21)37(16,45)46)15-25(56)47-23(13-17-11-18(39)14-19(40)12-17)34-49-32-20(4-7-26(48-32)58-8-9-59-36(43)44)35(57)55(34)24-6-5-22(38)27-29(24)53(2)51-33(27)52-60-3/h4-7,11-12,14,16,23,31,36H,8-10,13,15H2,1-3H3,(H,47,56)(H,51,52). The number of aromatic nitrogens is 7. The Morgan fingerprint density at radius 2 is 1.78 bits per heavy atom. The van der Waals surface area contributed by atoms with Crippen LogP contribution >= 0.6 is 23.5 Å². The third-order valence-corrected chi connectivity index (χ3v) is 10.4. The third kappa shape index (κ3) is 8.18. The van der Waals surface area contributed by atoms with Gasteiger partial charge in [0.2, 0.25) is 11.8 Å². The van der Waals surface area contributed by atoms with Crippen LogP contribution in [0.25, 0.3) is 27.6 Å². The van der Waals surface area contributed by atoms with Crippen LogP contribution in [0.4, 0.5) is 40.9 Å². The van der Waals surface area contributed by atoms with Crippen LogP contribution in [-0.4, -0.2) is 66.1 Å². The number of hydrogen-bond donors (Lipinski definition) is 2. The molecule has 2 aromatic carbocycles. The van der Waals surface area contributed by atoms with E-state index in [2.05, 4.69) is 34.9 Å². The van der Waals surface area contributed by atoms with E-state index in [9.17, 15) is 35.9 Å². The van der Waals surface area contributed by atoms with Gasteiger partial charge in [-0.3, -0.25) is 23.5 Å². The minimum Gasteiger partial charge on any atom is -0.475 e. The van der Waals surface area contributed by atoms with Crippen molar-refractivity contribution in [2.24, 2.45) is 13.0 Å². The fourth-order valence-corrected chi connectivity index (χ4v) is 7.78. The lowest BCUT2D eigenvalue weighted by atomic mass is 10.0. The van der Waals surface area contributed by atoms with Gasteiger partial charge in [0.1, 0.15) is 42.0 Å². The molecule has 1 amide bonds. The Balaban J connectivity index is 1.42. The molecule has 1 aliphatic rings. The lowest BCUT2D eigenvalue weighted by Gasteiger charge is -2.24. The Labute approximate surface area is 343 Å². The number of hydrogen-bond acceptors (Lipinski definition) is 10. The Morgan fingerprint density at radius 3 is 2.47 bits per heavy atom. The number of carbonyl (C=O) groups is 1. The Bertz CT molecular complexity index is 2660. The molecular weight excluding hydrogens is 854 g/mol. The van der Waals surface area contributed by atoms with Crippen molar-refractivity contribution in [1.29, 1.82) is 0 Å². The van der Waals surface area contributed by atoms with Gasteiger partial charge in [-0.1, -0.05) is 30.5 Å². The van der Waals surface area contributed by atoms with E-state index in [0.29, 0.717) is 22.0 Å². The summed E-state index contributed by atoms with van der Waals surface area (Å²) < 4.78 is 129. The highest BCUT2D eigenvalue weighted by Gasteiger charge is 2.51. The van der Waals surface area contributed by atoms with Crippen molar-refractivity contribution in [3.8, 4) is 11.6 Å². The van der Waals surface area contributed by atoms with Crippen molar-refractivity contribution in [1.82, 2.24) is 39.4 Å². The van der Waals surface area contributed by atoms with Gasteiger partial charge < -0.3 is 19.5 Å². The van der Waals surface area contributed by atoms with Crippen LogP contribution in [0.2, 0.25) is 5.02 Å². The van der Waals surface area contributed by atoms with Gasteiger partial charge in [0.25, 0.3) is 17.9 Å². The van der Waals surface area contributed by atoms with Gasteiger partial charge >= 0.3 is 6.61 Å². The first-order valence-electron chi connectivity index (χ1n) is 17.9. The second-order valence-electron chi connectivity index (χ2n) is 13.7. The highest BCUT2D eigenvalue weighted by atomic mass is 35.5. The molecule has 0 saturated heterocycles. The zero-order valence-corrected chi connectivity index (χ0v) is 33.0. The van der Waals surface area contributed by atoms with Crippen LogP contribution in [0.1, 0.15) is 47.7 Å². The molecule has 2 atom stereocenters. The zero-order valence-electron chi connectivity index (χ0n) is 31.5. The SMILES string of the molecule is CSNc1nn(C)c2c(-n3c(C(Cc4cc(F)cc(F)c4)NC(=O)Cn4nc(C(F)F)c5c4C(F)(F)C(C)C5)nc4nc(OCCOC(F)F)ccc4c3=O)ccc(Cl)c12. The first-order valence-corrected chi connectivity index (χ1v) is 19.5. The minimum absolute atomic E-state index is 0.0589. The van der Waals surface area contributed by atoms with E-state index in [1.54, 1.807) is 13.3 Å². The van der Waals surface area contributed by atoms with E-state index < -0.39 is 91.4 Å². The maximum atomic E-state index is 15.4. The predicted molar refractivity (Wildman–Crippen MR) is 204 cm³/mol. The Kier molecular flexibility index (Phi) is 12.0. The second kappa shape index (κ2) is 16.9. The van der Waals surface area contributed by atoms with E-state index in [-0.39, 0.29) is 56.7 Å². The zero-order chi connectivity index (χ0) is 43.2. The van der Waals surface area contributed by atoms with Crippen molar-refractivity contribution in [3.63, 3.8) is 0 Å². The Hall–Kier alpha value is -5.48. The number of rotatable bonds is 15. The molecule has 2 N–H and O–H groups in total. The van der Waals surface area contributed by atoms with Crippen LogP contribution in [-0.2, 0) is 41.9 Å². The summed E-state index contributed by atoms with van der Waals surface area (Å²) in [5.41, 5.74) is -2.90. The van der Waals surface area contributed by atoms with Gasteiger partial charge in [-0.05, 0) is 42.3 Å². The molecule has 0 radical (unpaired) electrons. The van der Waals surface area contributed by atoms with Crippen LogP contribution in [0.15, 0.2) is 47.3 Å². The van der Waals surface area contributed by atoms with Crippen LogP contribution in [0, 0.1) is 17.6 Å². The fourth-order valence-electron chi connectivity index (χ4n) is 7.20. The first kappa shape index (κ1) is 42.6. The summed E-state index contributed by atoms with van der Waals surface area (Å²) in [5.74, 6) is -8.26. The molecule has 2 unspecified atom stereocenters. The van der Waals surface area contributed by atoms with Gasteiger partial charge in [0, 0.05) is 43.3 Å². The average molecular weight is 886 g/mol. The van der Waals surface area contributed by atoms with E-state index in [1.165, 1.54) is 47.8 Å². The molecule has 4 heterocycles. The van der Waals surface area contributed by atoms with E-state index in [1.807, 2.05) is 0 Å². The third-order valence-electron chi connectivity index (χ3n) is 9.70. The second-order valence-corrected chi connectivity index (χ2v) is 14.7. The van der Waals surface area contributed by atoms with Gasteiger partial charge in [-0.25, -0.2) is 22.5 Å². The van der Waals surface area contributed by atoms with Crippen molar-refractivity contribution < 1.29 is 49.4 Å². The van der Waals surface area contributed by atoms with E-state index >= 15 is 8.78 Å². The number of nitrogens with one attached hydrogen (secondary N) is 2. The van der Waals surface area contributed by atoms with E-state index in [4.69, 9.17) is 16.3 Å². The van der Waals surface area contributed by atoms with E-state index in [0.717, 1.165) is 16.7 Å². The van der Waals surface area contributed by atoms with Crippen LogP contribution < -0.4 is 20.3 Å². The fraction of sp³-hybridized carbons (Fsp3) is 0.351. The number of amides is 1. The maximum absolute atomic E-state index is 15.4. The van der Waals surface area contributed by atoms with Crippen molar-refractivity contribution in [2.45, 2.75) is 51.3 Å². The van der Waals surface area contributed by atoms with Crippen molar-refractivity contribution in [3.05, 3.63) is 97.8 Å². The molecule has 0 saturated carbocycles. The smallest absolute Gasteiger partial charge is 0.345 e. The average Bonchev–Trinajstić information content (AvgIpc) is 3.78. The molecule has 1 aliphatic carbocycles. The molecule has 0 spiro atoms. The molecular formula is C37H32ClF8N9O4S. The maximum Gasteiger partial charge on any atom is 0.345 e. The largest absolute Gasteiger partial charge is 0.475 e. The molecule has 0 bridgehead atoms. The summed E-state index contributed by atoms with van der Waals surface area (Å²) in [5, 5.41) is 11.2. The number of halogens is 9. The number of pyridine rings is 1. The first-order chi connectivity index (χ1) is 28.5. The summed E-state index contributed by atoms with van der Waals surface area (Å²) in [6, 6.07) is 6.47. The van der Waals surface area contributed by atoms with Crippen LogP contribution in [0.5, 0.6) is 5.88 Å². The number of ether oxygens (including phenoxy) is 2. The Morgan fingerprint density at radius 1 is 1.05 bits per heavy atom. The lowest BCUT2D eigenvalue weighted by molar-refractivity contribution is -0.133. The number of fused-ring (bicyclic) bond motifs is 3. The highest BCUT2D eigenvalue weighted by molar-refractivity contribution is 7.99. The van der Waals surface area contributed by atoms with Crippen molar-refractivity contribution in [2.75, 3.05) is 24.2 Å². The molecule has 318 valence electrons. The summed E-state index contributed by atoms with van der Waals surface area (Å²) in [6.07, 6.45) is -2.40. The number of aryl methyl sites for hydroxylation is 1. The summed E-state index contributed by atoms with van der Waals surface area (Å²) in [7, 11) is 1.57. The summed E-state index contributed by atoms with van der Waals surface area (Å²) in [4.78, 5) is 37.7. The number of carbonyl (C=O) groups excluding carboxylic acids is 1. The van der Waals surface area contributed by atoms with Gasteiger partial charge in [-0.2, -0.15) is 32.7 Å². The molecule has 13 nitrogen and oxygen atoms in total. The lowest BCUT2D eigenvalue weighted by Crippen LogP contribution is -2.38. The molecule has 23 heteroatoms. The molecule has 7 rings (SSSR count). The number of anilines is 1. The molecule has 0 fully saturated rings. The van der Waals surface area contributed by atoms with Crippen LogP contribution in [0.3, 0.4) is 0 Å².